The lowest BCUT2D eigenvalue weighted by molar-refractivity contribution is -0.137. The van der Waals surface area contributed by atoms with E-state index in [0.29, 0.717) is 50.5 Å². The molecule has 0 unspecified atom stereocenters. The van der Waals surface area contributed by atoms with Gasteiger partial charge in [0.05, 0.1) is 25.4 Å². The van der Waals surface area contributed by atoms with Gasteiger partial charge in [-0.25, -0.2) is 4.98 Å². The van der Waals surface area contributed by atoms with Crippen molar-refractivity contribution in [1.29, 1.82) is 0 Å². The molecule has 2 rings (SSSR count). The third-order valence-electron chi connectivity index (χ3n) is 3.29. The van der Waals surface area contributed by atoms with Crippen molar-refractivity contribution in [3.8, 4) is 17.4 Å². The maximum atomic E-state index is 12.6. The van der Waals surface area contributed by atoms with Crippen LogP contribution in [-0.2, 0) is 15.7 Å². The van der Waals surface area contributed by atoms with Crippen LogP contribution < -0.4 is 9.47 Å². The van der Waals surface area contributed by atoms with Crippen molar-refractivity contribution in [3.63, 3.8) is 0 Å². The van der Waals surface area contributed by atoms with Crippen molar-refractivity contribution < 1.29 is 32.1 Å². The molecule has 0 N–H and O–H groups in total. The van der Waals surface area contributed by atoms with Crippen LogP contribution in [0.2, 0.25) is 5.02 Å². The minimum absolute atomic E-state index is 0.117. The van der Waals surface area contributed by atoms with Gasteiger partial charge in [0.15, 0.2) is 0 Å². The van der Waals surface area contributed by atoms with E-state index in [4.69, 9.17) is 30.5 Å². The Kier molecular flexibility index (Phi) is 8.15. The summed E-state index contributed by atoms with van der Waals surface area (Å²) in [4.78, 5) is 3.64. The largest absolute Gasteiger partial charge is 0.493 e. The molecule has 0 atom stereocenters. The number of pyridine rings is 1. The molecule has 0 fully saturated rings. The van der Waals surface area contributed by atoms with Gasteiger partial charge >= 0.3 is 6.18 Å². The van der Waals surface area contributed by atoms with Gasteiger partial charge in [0.25, 0.3) is 0 Å². The van der Waals surface area contributed by atoms with Gasteiger partial charge < -0.3 is 18.9 Å². The summed E-state index contributed by atoms with van der Waals surface area (Å²) >= 11 is 5.84. The first-order valence-corrected chi connectivity index (χ1v) is 8.48. The molecule has 0 spiro atoms. The molecule has 0 aliphatic carbocycles. The maximum absolute atomic E-state index is 12.6. The average Bonchev–Trinajstić information content (AvgIpc) is 2.62. The molecule has 2 aromatic rings. The topological polar surface area (TPSA) is 49.8 Å². The van der Waals surface area contributed by atoms with Crippen LogP contribution in [0.5, 0.6) is 17.4 Å². The van der Waals surface area contributed by atoms with E-state index in [9.17, 15) is 13.2 Å². The monoisotopic (exact) mass is 405 g/mol. The second-order valence-corrected chi connectivity index (χ2v) is 5.80. The molecule has 1 heterocycles. The van der Waals surface area contributed by atoms with Gasteiger partial charge in [0, 0.05) is 32.4 Å². The molecular formula is C18H19ClF3NO4. The number of nitrogens with zero attached hydrogens (tertiary/aromatic N) is 1. The van der Waals surface area contributed by atoms with E-state index in [2.05, 4.69) is 4.98 Å². The van der Waals surface area contributed by atoms with Crippen LogP contribution in [0, 0.1) is 0 Å². The van der Waals surface area contributed by atoms with Crippen LogP contribution in [0.3, 0.4) is 0 Å². The van der Waals surface area contributed by atoms with Gasteiger partial charge in [-0.2, -0.15) is 13.2 Å². The lowest BCUT2D eigenvalue weighted by Crippen LogP contribution is -2.07. The number of ether oxygens (including phenoxy) is 4. The van der Waals surface area contributed by atoms with Crippen molar-refractivity contribution >= 4 is 11.6 Å². The fourth-order valence-electron chi connectivity index (χ4n) is 1.99. The van der Waals surface area contributed by atoms with Crippen LogP contribution in [0.25, 0.3) is 0 Å². The maximum Gasteiger partial charge on any atom is 0.417 e. The van der Waals surface area contributed by atoms with Gasteiger partial charge in [-0.15, -0.1) is 0 Å². The van der Waals surface area contributed by atoms with E-state index in [0.717, 1.165) is 6.07 Å². The summed E-state index contributed by atoms with van der Waals surface area (Å²) in [6, 6.07) is 7.42. The summed E-state index contributed by atoms with van der Waals surface area (Å²) in [5.74, 6) is 0.777. The first kappa shape index (κ1) is 21.3. The highest BCUT2D eigenvalue weighted by atomic mass is 35.5. The fraction of sp³-hybridized carbons (Fsp3) is 0.389. The Labute approximate surface area is 160 Å². The Morgan fingerprint density at radius 1 is 1.04 bits per heavy atom. The van der Waals surface area contributed by atoms with Crippen LogP contribution in [0.15, 0.2) is 36.5 Å². The van der Waals surface area contributed by atoms with Gasteiger partial charge in [-0.3, -0.25) is 0 Å². The predicted molar refractivity (Wildman–Crippen MR) is 93.6 cm³/mol. The number of aromatic nitrogens is 1. The minimum Gasteiger partial charge on any atom is -0.493 e. The summed E-state index contributed by atoms with van der Waals surface area (Å²) in [6.45, 7) is 2.06. The molecule has 0 saturated heterocycles. The SMILES string of the molecule is COCCOCCCOc1cccc(Oc2ncc(C(F)(F)F)cc2Cl)c1. The smallest absolute Gasteiger partial charge is 0.417 e. The molecule has 1 aromatic heterocycles. The highest BCUT2D eigenvalue weighted by molar-refractivity contribution is 6.31. The molecule has 0 bridgehead atoms. The number of alkyl halides is 3. The van der Waals surface area contributed by atoms with Gasteiger partial charge in [0.1, 0.15) is 16.5 Å². The van der Waals surface area contributed by atoms with Crippen molar-refractivity contribution in [2.75, 3.05) is 33.5 Å². The first-order chi connectivity index (χ1) is 12.9. The second-order valence-electron chi connectivity index (χ2n) is 5.39. The molecule has 0 aliphatic rings. The Hall–Kier alpha value is -2.03. The van der Waals surface area contributed by atoms with E-state index >= 15 is 0 Å². The Bertz CT molecular complexity index is 728. The number of halogens is 4. The van der Waals surface area contributed by atoms with E-state index in [-0.39, 0.29) is 10.9 Å². The van der Waals surface area contributed by atoms with E-state index in [1.54, 1.807) is 31.4 Å². The van der Waals surface area contributed by atoms with Crippen molar-refractivity contribution in [2.45, 2.75) is 12.6 Å². The highest BCUT2D eigenvalue weighted by Crippen LogP contribution is 2.35. The van der Waals surface area contributed by atoms with E-state index in [1.807, 2.05) is 0 Å². The summed E-state index contributed by atoms with van der Waals surface area (Å²) < 4.78 is 59.2. The number of hydrogen-bond donors (Lipinski definition) is 0. The molecule has 0 amide bonds. The molecule has 5 nitrogen and oxygen atoms in total. The molecular weight excluding hydrogens is 387 g/mol. The second kappa shape index (κ2) is 10.3. The van der Waals surface area contributed by atoms with Crippen molar-refractivity contribution in [3.05, 3.63) is 47.1 Å². The molecule has 0 saturated carbocycles. The molecule has 9 heteroatoms. The Morgan fingerprint density at radius 3 is 2.52 bits per heavy atom. The molecule has 148 valence electrons. The predicted octanol–water partition coefficient (Wildman–Crippen LogP) is 4.98. The average molecular weight is 406 g/mol. The van der Waals surface area contributed by atoms with E-state index in [1.165, 1.54) is 0 Å². The molecule has 1 aromatic carbocycles. The number of methoxy groups -OCH3 is 1. The van der Waals surface area contributed by atoms with Crippen molar-refractivity contribution in [2.24, 2.45) is 0 Å². The van der Waals surface area contributed by atoms with Gasteiger partial charge in [0.2, 0.25) is 5.88 Å². The Morgan fingerprint density at radius 2 is 1.81 bits per heavy atom. The van der Waals surface area contributed by atoms with E-state index < -0.39 is 11.7 Å². The number of rotatable bonds is 10. The quantitative estimate of drug-likeness (QED) is 0.522. The van der Waals surface area contributed by atoms with Crippen LogP contribution >= 0.6 is 11.6 Å². The summed E-state index contributed by atoms with van der Waals surface area (Å²) in [6.07, 6.45) is -3.15. The number of hydrogen-bond acceptors (Lipinski definition) is 5. The van der Waals surface area contributed by atoms with Gasteiger partial charge in [-0.05, 0) is 18.2 Å². The first-order valence-electron chi connectivity index (χ1n) is 8.10. The lowest BCUT2D eigenvalue weighted by Gasteiger charge is -2.11. The normalized spacial score (nSPS) is 11.4. The zero-order valence-corrected chi connectivity index (χ0v) is 15.3. The third-order valence-corrected chi connectivity index (χ3v) is 3.56. The third kappa shape index (κ3) is 7.24. The fourth-order valence-corrected chi connectivity index (χ4v) is 2.19. The summed E-state index contributed by atoms with van der Waals surface area (Å²) in [5.41, 5.74) is -0.940. The van der Waals surface area contributed by atoms with Crippen molar-refractivity contribution in [1.82, 2.24) is 4.98 Å². The molecule has 0 radical (unpaired) electrons. The van der Waals surface area contributed by atoms with Crippen LogP contribution in [0.1, 0.15) is 12.0 Å². The van der Waals surface area contributed by atoms with Gasteiger partial charge in [-0.1, -0.05) is 17.7 Å². The zero-order valence-electron chi connectivity index (χ0n) is 14.6. The Balaban J connectivity index is 1.88. The highest BCUT2D eigenvalue weighted by Gasteiger charge is 2.31. The number of benzene rings is 1. The van der Waals surface area contributed by atoms with Crippen LogP contribution in [0.4, 0.5) is 13.2 Å². The summed E-state index contributed by atoms with van der Waals surface area (Å²) in [7, 11) is 1.61. The minimum atomic E-state index is -4.52. The van der Waals surface area contributed by atoms with Crippen LogP contribution in [-0.4, -0.2) is 38.5 Å². The standard InChI is InChI=1S/C18H19ClF3NO4/c1-24-8-9-25-6-3-7-26-14-4-2-5-15(11-14)27-17-16(19)10-13(12-23-17)18(20,21)22/h2,4-5,10-12H,3,6-9H2,1H3. The lowest BCUT2D eigenvalue weighted by atomic mass is 10.3. The molecule has 27 heavy (non-hydrogen) atoms. The zero-order chi connectivity index (χ0) is 19.7. The molecule has 0 aliphatic heterocycles. The summed E-state index contributed by atoms with van der Waals surface area (Å²) in [5, 5.41) is -0.232.